The summed E-state index contributed by atoms with van der Waals surface area (Å²) >= 11 is 0. The molecule has 0 aromatic heterocycles. The summed E-state index contributed by atoms with van der Waals surface area (Å²) in [7, 11) is 0. The maximum absolute atomic E-state index is 12.2. The van der Waals surface area contributed by atoms with Crippen LogP contribution in [0.1, 0.15) is 44.7 Å². The van der Waals surface area contributed by atoms with Crippen LogP contribution >= 0.6 is 0 Å². The second-order valence-electron chi connectivity index (χ2n) is 6.76. The van der Waals surface area contributed by atoms with Crippen molar-refractivity contribution in [2.24, 2.45) is 0 Å². The van der Waals surface area contributed by atoms with Crippen LogP contribution in [-0.4, -0.2) is 23.3 Å². The number of amides is 1. The van der Waals surface area contributed by atoms with Crippen molar-refractivity contribution in [3.63, 3.8) is 0 Å². The number of fused-ring (bicyclic) bond motifs is 1. The van der Waals surface area contributed by atoms with E-state index in [0.29, 0.717) is 6.54 Å². The maximum Gasteiger partial charge on any atom is 0.414 e. The van der Waals surface area contributed by atoms with Crippen molar-refractivity contribution >= 4 is 11.8 Å². The van der Waals surface area contributed by atoms with Gasteiger partial charge in [0.1, 0.15) is 5.60 Å². The molecule has 1 aromatic carbocycles. The van der Waals surface area contributed by atoms with Gasteiger partial charge in [0.25, 0.3) is 0 Å². The summed E-state index contributed by atoms with van der Waals surface area (Å²) in [6.07, 6.45) is 2.19. The highest BCUT2D eigenvalue weighted by Gasteiger charge is 2.42. The molecule has 1 N–H and O–H groups in total. The minimum atomic E-state index is -0.617. The van der Waals surface area contributed by atoms with Crippen molar-refractivity contribution in [3.05, 3.63) is 29.3 Å². The fourth-order valence-electron chi connectivity index (χ4n) is 2.60. The maximum atomic E-state index is 12.2. The average molecular weight is 275 g/mol. The van der Waals surface area contributed by atoms with Crippen LogP contribution in [0.25, 0.3) is 0 Å². The fraction of sp³-hybridized carbons (Fsp3) is 0.562. The lowest BCUT2D eigenvalue weighted by atomic mass is 10.0. The van der Waals surface area contributed by atoms with Gasteiger partial charge in [-0.3, -0.25) is 4.90 Å². The Morgan fingerprint density at radius 2 is 2.05 bits per heavy atom. The minimum Gasteiger partial charge on any atom is -0.443 e. The molecular formula is C16H21NO3. The third-order valence-electron chi connectivity index (χ3n) is 3.85. The van der Waals surface area contributed by atoms with Crippen molar-refractivity contribution in [2.75, 3.05) is 11.4 Å². The van der Waals surface area contributed by atoms with Crippen LogP contribution < -0.4 is 4.90 Å². The number of aliphatic hydroxyl groups is 1. The van der Waals surface area contributed by atoms with E-state index in [1.807, 2.05) is 39.0 Å². The Morgan fingerprint density at radius 1 is 1.35 bits per heavy atom. The standard InChI is InChI=1S/C16H21NO3/c1-15(2,3)20-14(18)17-9-6-11-10-12(4-5-13(11)17)16(19)7-8-16/h4-5,10,19H,6-9H2,1-3H3. The molecule has 1 aliphatic heterocycles. The summed E-state index contributed by atoms with van der Waals surface area (Å²) in [6.45, 7) is 6.25. The molecule has 20 heavy (non-hydrogen) atoms. The van der Waals surface area contributed by atoms with E-state index < -0.39 is 11.2 Å². The Labute approximate surface area is 119 Å². The number of rotatable bonds is 1. The molecule has 0 saturated heterocycles. The van der Waals surface area contributed by atoms with Crippen LogP contribution in [0.15, 0.2) is 18.2 Å². The van der Waals surface area contributed by atoms with Gasteiger partial charge in [-0.05, 0) is 57.2 Å². The number of hydrogen-bond donors (Lipinski definition) is 1. The molecule has 0 atom stereocenters. The van der Waals surface area contributed by atoms with Crippen molar-refractivity contribution in [1.82, 2.24) is 0 Å². The van der Waals surface area contributed by atoms with E-state index >= 15 is 0 Å². The first-order valence-electron chi connectivity index (χ1n) is 7.15. The predicted octanol–water partition coefficient (Wildman–Crippen LogP) is 2.97. The molecular weight excluding hydrogens is 254 g/mol. The molecule has 4 heteroatoms. The third kappa shape index (κ3) is 2.40. The zero-order chi connectivity index (χ0) is 14.5. The number of carbonyl (C=O) groups is 1. The summed E-state index contributed by atoms with van der Waals surface area (Å²) in [5.74, 6) is 0. The van der Waals surface area contributed by atoms with Gasteiger partial charge in [0.05, 0.1) is 11.3 Å². The molecule has 4 nitrogen and oxygen atoms in total. The van der Waals surface area contributed by atoms with Gasteiger partial charge in [0.15, 0.2) is 0 Å². The first-order valence-corrected chi connectivity index (χ1v) is 7.15. The Hall–Kier alpha value is -1.55. The quantitative estimate of drug-likeness (QED) is 0.857. The first kappa shape index (κ1) is 13.4. The Bertz CT molecular complexity index is 555. The molecule has 108 valence electrons. The number of hydrogen-bond acceptors (Lipinski definition) is 3. The third-order valence-corrected chi connectivity index (χ3v) is 3.85. The Balaban J connectivity index is 1.82. The second-order valence-corrected chi connectivity index (χ2v) is 6.76. The largest absolute Gasteiger partial charge is 0.443 e. The van der Waals surface area contributed by atoms with E-state index in [0.717, 1.165) is 36.1 Å². The molecule has 1 aliphatic carbocycles. The topological polar surface area (TPSA) is 49.8 Å². The Morgan fingerprint density at radius 3 is 2.65 bits per heavy atom. The van der Waals surface area contributed by atoms with E-state index in [4.69, 9.17) is 4.74 Å². The van der Waals surface area contributed by atoms with Crippen molar-refractivity contribution < 1.29 is 14.6 Å². The molecule has 1 aromatic rings. The SMILES string of the molecule is CC(C)(C)OC(=O)N1CCc2cc(C3(O)CC3)ccc21. The van der Waals surface area contributed by atoms with Crippen molar-refractivity contribution in [1.29, 1.82) is 0 Å². The number of anilines is 1. The second kappa shape index (κ2) is 4.22. The first-order chi connectivity index (χ1) is 9.28. The summed E-state index contributed by atoms with van der Waals surface area (Å²) in [5.41, 5.74) is 1.90. The number of nitrogens with zero attached hydrogens (tertiary/aromatic N) is 1. The fourth-order valence-corrected chi connectivity index (χ4v) is 2.60. The van der Waals surface area contributed by atoms with Gasteiger partial charge in [0.2, 0.25) is 0 Å². The van der Waals surface area contributed by atoms with Crippen LogP contribution in [0.4, 0.5) is 10.5 Å². The lowest BCUT2D eigenvalue weighted by molar-refractivity contribution is 0.0584. The lowest BCUT2D eigenvalue weighted by Crippen LogP contribution is -2.35. The van der Waals surface area contributed by atoms with Gasteiger partial charge in [-0.15, -0.1) is 0 Å². The molecule has 0 spiro atoms. The Kier molecular flexibility index (Phi) is 2.83. The van der Waals surface area contributed by atoms with E-state index in [1.165, 1.54) is 0 Å². The molecule has 3 rings (SSSR count). The lowest BCUT2D eigenvalue weighted by Gasteiger charge is -2.25. The van der Waals surface area contributed by atoms with Crippen molar-refractivity contribution in [2.45, 2.75) is 51.2 Å². The van der Waals surface area contributed by atoms with Gasteiger partial charge >= 0.3 is 6.09 Å². The normalized spacial score (nSPS) is 19.7. The van der Waals surface area contributed by atoms with Gasteiger partial charge < -0.3 is 9.84 Å². The van der Waals surface area contributed by atoms with Gasteiger partial charge in [-0.1, -0.05) is 12.1 Å². The molecule has 1 fully saturated rings. The molecule has 2 aliphatic rings. The number of benzene rings is 1. The van der Waals surface area contributed by atoms with Gasteiger partial charge in [-0.25, -0.2) is 4.79 Å². The van der Waals surface area contributed by atoms with Gasteiger partial charge in [0, 0.05) is 6.54 Å². The molecule has 1 amide bonds. The van der Waals surface area contributed by atoms with Crippen LogP contribution in [-0.2, 0) is 16.8 Å². The summed E-state index contributed by atoms with van der Waals surface area (Å²) in [5, 5.41) is 10.2. The minimum absolute atomic E-state index is 0.297. The highest BCUT2D eigenvalue weighted by Crippen LogP contribution is 2.46. The van der Waals surface area contributed by atoms with Crippen molar-refractivity contribution in [3.8, 4) is 0 Å². The van der Waals surface area contributed by atoms with Crippen LogP contribution in [0.2, 0.25) is 0 Å². The summed E-state index contributed by atoms with van der Waals surface area (Å²) < 4.78 is 5.43. The average Bonchev–Trinajstić information content (AvgIpc) is 2.95. The van der Waals surface area contributed by atoms with E-state index in [2.05, 4.69) is 0 Å². The predicted molar refractivity (Wildman–Crippen MR) is 76.9 cm³/mol. The van der Waals surface area contributed by atoms with Gasteiger partial charge in [-0.2, -0.15) is 0 Å². The molecule has 0 bridgehead atoms. The smallest absolute Gasteiger partial charge is 0.414 e. The number of carbonyl (C=O) groups excluding carboxylic acids is 1. The molecule has 1 saturated carbocycles. The zero-order valence-corrected chi connectivity index (χ0v) is 12.3. The molecule has 0 radical (unpaired) electrons. The zero-order valence-electron chi connectivity index (χ0n) is 12.3. The van der Waals surface area contributed by atoms with Crippen LogP contribution in [0.3, 0.4) is 0 Å². The van der Waals surface area contributed by atoms with E-state index in [-0.39, 0.29) is 6.09 Å². The summed E-state index contributed by atoms with van der Waals surface area (Å²) in [4.78, 5) is 13.9. The molecule has 1 heterocycles. The summed E-state index contributed by atoms with van der Waals surface area (Å²) in [6, 6.07) is 5.89. The number of ether oxygens (including phenoxy) is 1. The van der Waals surface area contributed by atoms with Crippen LogP contribution in [0.5, 0.6) is 0 Å². The molecule has 0 unspecified atom stereocenters. The van der Waals surface area contributed by atoms with E-state index in [9.17, 15) is 9.90 Å². The monoisotopic (exact) mass is 275 g/mol. The van der Waals surface area contributed by atoms with Crippen LogP contribution in [0, 0.1) is 0 Å². The highest BCUT2D eigenvalue weighted by atomic mass is 16.6. The highest BCUT2D eigenvalue weighted by molar-refractivity contribution is 5.90. The van der Waals surface area contributed by atoms with E-state index in [1.54, 1.807) is 4.90 Å².